The molecule has 0 amide bonds. The predicted molar refractivity (Wildman–Crippen MR) is 47.3 cm³/mol. The average molecular weight is 149 g/mol. The van der Waals surface area contributed by atoms with Crippen LogP contribution in [0.5, 0.6) is 0 Å². The minimum Gasteiger partial charge on any atom is -0.310 e. The van der Waals surface area contributed by atoms with E-state index in [9.17, 15) is 0 Å². The Morgan fingerprint density at radius 2 is 2.36 bits per heavy atom. The Morgan fingerprint density at radius 1 is 1.45 bits per heavy atom. The van der Waals surface area contributed by atoms with Crippen LogP contribution in [0.4, 0.5) is 0 Å². The molecule has 3 atom stereocenters. The lowest BCUT2D eigenvalue weighted by Gasteiger charge is -2.18. The van der Waals surface area contributed by atoms with Gasteiger partial charge in [-0.15, -0.1) is 6.58 Å². The van der Waals surface area contributed by atoms with Crippen LogP contribution in [-0.2, 0) is 0 Å². The molecule has 2 rings (SSSR count). The van der Waals surface area contributed by atoms with Gasteiger partial charge in [0.25, 0.3) is 0 Å². The molecule has 2 aliphatic carbocycles. The highest BCUT2D eigenvalue weighted by Gasteiger charge is 2.34. The summed E-state index contributed by atoms with van der Waals surface area (Å²) < 4.78 is 0. The van der Waals surface area contributed by atoms with E-state index in [1.165, 1.54) is 12.8 Å². The van der Waals surface area contributed by atoms with Crippen molar-refractivity contribution in [1.29, 1.82) is 0 Å². The van der Waals surface area contributed by atoms with Crippen LogP contribution in [0.1, 0.15) is 12.8 Å². The molecular weight excluding hydrogens is 134 g/mol. The predicted octanol–water partition coefficient (Wildman–Crippen LogP) is 1.73. The Kier molecular flexibility index (Phi) is 1.82. The lowest BCUT2D eigenvalue weighted by atomic mass is 10.0. The minimum atomic E-state index is 0.739. The summed E-state index contributed by atoms with van der Waals surface area (Å²) in [6, 6.07) is 0.739. The van der Waals surface area contributed by atoms with Crippen molar-refractivity contribution in [1.82, 2.24) is 5.32 Å². The molecule has 1 fully saturated rings. The van der Waals surface area contributed by atoms with Gasteiger partial charge in [0.1, 0.15) is 0 Å². The summed E-state index contributed by atoms with van der Waals surface area (Å²) in [6.45, 7) is 4.66. The minimum absolute atomic E-state index is 0.739. The molecule has 1 heteroatoms. The van der Waals surface area contributed by atoms with Gasteiger partial charge in [-0.05, 0) is 24.7 Å². The number of allylic oxidation sites excluding steroid dienone is 1. The summed E-state index contributed by atoms with van der Waals surface area (Å²) in [5, 5.41) is 3.49. The van der Waals surface area contributed by atoms with Gasteiger partial charge >= 0.3 is 0 Å². The molecule has 3 unspecified atom stereocenters. The van der Waals surface area contributed by atoms with Gasteiger partial charge < -0.3 is 5.32 Å². The van der Waals surface area contributed by atoms with Crippen LogP contribution in [0.25, 0.3) is 0 Å². The van der Waals surface area contributed by atoms with Crippen LogP contribution in [0, 0.1) is 11.8 Å². The van der Waals surface area contributed by atoms with Crippen molar-refractivity contribution in [2.45, 2.75) is 18.9 Å². The van der Waals surface area contributed by atoms with E-state index in [2.05, 4.69) is 24.0 Å². The Morgan fingerprint density at radius 3 is 2.91 bits per heavy atom. The second-order valence-corrected chi connectivity index (χ2v) is 3.58. The highest BCUT2D eigenvalue weighted by atomic mass is 14.9. The van der Waals surface area contributed by atoms with E-state index in [0.29, 0.717) is 0 Å². The molecular formula is C10H15N. The molecule has 2 bridgehead atoms. The topological polar surface area (TPSA) is 12.0 Å². The standard InChI is InChI=1S/C10H15N/c1-2-5-11-10-7-8-3-4-9(10)6-8/h2-4,8-11H,1,5-7H2. The molecule has 0 saturated heterocycles. The van der Waals surface area contributed by atoms with Gasteiger partial charge in [-0.2, -0.15) is 0 Å². The highest BCUT2D eigenvalue weighted by molar-refractivity contribution is 5.12. The molecule has 60 valence electrons. The Labute approximate surface area is 68.2 Å². The molecule has 1 N–H and O–H groups in total. The molecule has 2 aliphatic rings. The van der Waals surface area contributed by atoms with Crippen LogP contribution < -0.4 is 5.32 Å². The molecule has 1 saturated carbocycles. The fourth-order valence-electron chi connectivity index (χ4n) is 2.25. The van der Waals surface area contributed by atoms with Gasteiger partial charge in [-0.1, -0.05) is 18.2 Å². The zero-order chi connectivity index (χ0) is 7.68. The molecule has 0 aromatic heterocycles. The van der Waals surface area contributed by atoms with Crippen molar-refractivity contribution in [3.63, 3.8) is 0 Å². The first-order valence-corrected chi connectivity index (χ1v) is 4.43. The van der Waals surface area contributed by atoms with E-state index < -0.39 is 0 Å². The third-order valence-electron chi connectivity index (χ3n) is 2.80. The lowest BCUT2D eigenvalue weighted by Crippen LogP contribution is -2.32. The summed E-state index contributed by atoms with van der Waals surface area (Å²) >= 11 is 0. The summed E-state index contributed by atoms with van der Waals surface area (Å²) in [5.41, 5.74) is 0. The maximum Gasteiger partial charge on any atom is 0.0139 e. The maximum absolute atomic E-state index is 3.70. The SMILES string of the molecule is C=CCNC1CC2C=CC1C2. The van der Waals surface area contributed by atoms with Crippen molar-refractivity contribution in [2.24, 2.45) is 11.8 Å². The molecule has 0 aliphatic heterocycles. The summed E-state index contributed by atoms with van der Waals surface area (Å²) in [5.74, 6) is 1.70. The number of hydrogen-bond acceptors (Lipinski definition) is 1. The van der Waals surface area contributed by atoms with E-state index in [4.69, 9.17) is 0 Å². The molecule has 0 aromatic carbocycles. The van der Waals surface area contributed by atoms with Crippen molar-refractivity contribution >= 4 is 0 Å². The average Bonchev–Trinajstić information content (AvgIpc) is 2.60. The van der Waals surface area contributed by atoms with Crippen LogP contribution in [0.3, 0.4) is 0 Å². The van der Waals surface area contributed by atoms with E-state index in [0.717, 1.165) is 24.4 Å². The number of nitrogens with one attached hydrogen (secondary N) is 1. The first kappa shape index (κ1) is 7.11. The van der Waals surface area contributed by atoms with Crippen LogP contribution >= 0.6 is 0 Å². The Bertz CT molecular complexity index is 183. The van der Waals surface area contributed by atoms with Gasteiger partial charge in [0.15, 0.2) is 0 Å². The molecule has 0 aromatic rings. The van der Waals surface area contributed by atoms with Crippen LogP contribution in [-0.4, -0.2) is 12.6 Å². The van der Waals surface area contributed by atoms with Crippen molar-refractivity contribution in [2.75, 3.05) is 6.54 Å². The fraction of sp³-hybridized carbons (Fsp3) is 0.600. The van der Waals surface area contributed by atoms with Crippen molar-refractivity contribution in [3.05, 3.63) is 24.8 Å². The van der Waals surface area contributed by atoms with Crippen molar-refractivity contribution < 1.29 is 0 Å². The van der Waals surface area contributed by atoms with E-state index in [1.54, 1.807) is 0 Å². The summed E-state index contributed by atoms with van der Waals surface area (Å²) in [6.07, 6.45) is 9.41. The van der Waals surface area contributed by atoms with Gasteiger partial charge in [0, 0.05) is 12.6 Å². The van der Waals surface area contributed by atoms with E-state index in [1.807, 2.05) is 6.08 Å². The Balaban J connectivity index is 1.88. The van der Waals surface area contributed by atoms with Gasteiger partial charge in [0.05, 0.1) is 0 Å². The number of hydrogen-bond donors (Lipinski definition) is 1. The van der Waals surface area contributed by atoms with Gasteiger partial charge in [-0.25, -0.2) is 0 Å². The molecule has 0 spiro atoms. The third kappa shape index (κ3) is 1.25. The smallest absolute Gasteiger partial charge is 0.0139 e. The number of rotatable bonds is 3. The van der Waals surface area contributed by atoms with E-state index in [-0.39, 0.29) is 0 Å². The van der Waals surface area contributed by atoms with Crippen LogP contribution in [0.2, 0.25) is 0 Å². The molecule has 1 nitrogen and oxygen atoms in total. The van der Waals surface area contributed by atoms with Gasteiger partial charge in [-0.3, -0.25) is 0 Å². The summed E-state index contributed by atoms with van der Waals surface area (Å²) in [7, 11) is 0. The monoisotopic (exact) mass is 149 g/mol. The van der Waals surface area contributed by atoms with E-state index >= 15 is 0 Å². The first-order valence-electron chi connectivity index (χ1n) is 4.43. The lowest BCUT2D eigenvalue weighted by molar-refractivity contribution is 0.472. The first-order chi connectivity index (χ1) is 5.40. The molecule has 11 heavy (non-hydrogen) atoms. The largest absolute Gasteiger partial charge is 0.310 e. The van der Waals surface area contributed by atoms with Gasteiger partial charge in [0.2, 0.25) is 0 Å². The second kappa shape index (κ2) is 2.82. The van der Waals surface area contributed by atoms with Crippen molar-refractivity contribution in [3.8, 4) is 0 Å². The number of fused-ring (bicyclic) bond motifs is 2. The quantitative estimate of drug-likeness (QED) is 0.602. The second-order valence-electron chi connectivity index (χ2n) is 3.58. The Hall–Kier alpha value is -0.560. The fourth-order valence-corrected chi connectivity index (χ4v) is 2.25. The molecule has 0 heterocycles. The normalized spacial score (nSPS) is 39.8. The zero-order valence-electron chi connectivity index (χ0n) is 6.79. The summed E-state index contributed by atoms with van der Waals surface area (Å²) in [4.78, 5) is 0. The molecule has 0 radical (unpaired) electrons. The zero-order valence-corrected chi connectivity index (χ0v) is 6.79. The highest BCUT2D eigenvalue weighted by Crippen LogP contribution is 2.38. The van der Waals surface area contributed by atoms with Crippen LogP contribution in [0.15, 0.2) is 24.8 Å². The third-order valence-corrected chi connectivity index (χ3v) is 2.80. The maximum atomic E-state index is 3.70.